The van der Waals surface area contributed by atoms with Crippen LogP contribution in [0.15, 0.2) is 47.4 Å². The van der Waals surface area contributed by atoms with Crippen molar-refractivity contribution >= 4 is 15.7 Å². The first-order valence-corrected chi connectivity index (χ1v) is 10.4. The second-order valence-corrected chi connectivity index (χ2v) is 9.23. The minimum absolute atomic E-state index is 0.207. The van der Waals surface area contributed by atoms with Gasteiger partial charge in [0.25, 0.3) is 0 Å². The van der Waals surface area contributed by atoms with Crippen molar-refractivity contribution in [2.75, 3.05) is 25.5 Å². The SMILES string of the molecule is CN1CCCc2cc(C[C@H]3[C@H](O)c4ccccc4S(=O)(=O)N3C)ccc21. The van der Waals surface area contributed by atoms with Crippen LogP contribution in [0.25, 0.3) is 0 Å². The molecule has 5 nitrogen and oxygen atoms in total. The second-order valence-electron chi connectivity index (χ2n) is 7.26. The fraction of sp³-hybridized carbons (Fsp3) is 0.400. The van der Waals surface area contributed by atoms with Gasteiger partial charge >= 0.3 is 0 Å². The number of aliphatic hydroxyl groups is 1. The minimum atomic E-state index is -3.58. The molecule has 0 saturated heterocycles. The van der Waals surface area contributed by atoms with E-state index in [-0.39, 0.29) is 4.90 Å². The molecule has 0 spiro atoms. The van der Waals surface area contributed by atoms with Gasteiger partial charge in [-0.1, -0.05) is 30.3 Å². The number of aryl methyl sites for hydroxylation is 1. The van der Waals surface area contributed by atoms with E-state index in [2.05, 4.69) is 24.1 Å². The van der Waals surface area contributed by atoms with Crippen LogP contribution in [-0.4, -0.2) is 44.5 Å². The van der Waals surface area contributed by atoms with E-state index in [1.807, 2.05) is 6.07 Å². The van der Waals surface area contributed by atoms with Crippen LogP contribution < -0.4 is 4.90 Å². The standard InChI is InChI=1S/C20H24N2O3S/c1-21-11-5-6-15-12-14(9-10-17(15)21)13-18-20(23)16-7-3-4-8-19(16)26(24,25)22(18)2/h3-4,7-10,12,18,20,23H,5-6,11,13H2,1-2H3/t18-,20+/m0/s1. The van der Waals surface area contributed by atoms with Gasteiger partial charge in [-0.2, -0.15) is 4.31 Å². The molecule has 138 valence electrons. The Labute approximate surface area is 154 Å². The van der Waals surface area contributed by atoms with Crippen molar-refractivity contribution in [2.24, 2.45) is 0 Å². The van der Waals surface area contributed by atoms with Gasteiger partial charge in [0.2, 0.25) is 10.0 Å². The molecular formula is C20H24N2O3S. The first-order chi connectivity index (χ1) is 12.4. The number of benzene rings is 2. The molecule has 0 aliphatic carbocycles. The van der Waals surface area contributed by atoms with E-state index < -0.39 is 22.2 Å². The molecule has 0 saturated carbocycles. The smallest absolute Gasteiger partial charge is 0.243 e. The molecule has 0 aromatic heterocycles. The van der Waals surface area contributed by atoms with Gasteiger partial charge in [0, 0.05) is 31.9 Å². The predicted molar refractivity (Wildman–Crippen MR) is 102 cm³/mol. The number of anilines is 1. The van der Waals surface area contributed by atoms with Gasteiger partial charge in [-0.15, -0.1) is 0 Å². The van der Waals surface area contributed by atoms with E-state index in [1.54, 1.807) is 31.3 Å². The molecule has 0 bridgehead atoms. The number of likely N-dealkylation sites (N-methyl/N-ethyl adjacent to an activating group) is 1. The van der Waals surface area contributed by atoms with E-state index in [1.165, 1.54) is 15.6 Å². The maximum atomic E-state index is 12.8. The van der Waals surface area contributed by atoms with E-state index in [0.717, 1.165) is 24.9 Å². The summed E-state index contributed by atoms with van der Waals surface area (Å²) in [4.78, 5) is 2.46. The lowest BCUT2D eigenvalue weighted by molar-refractivity contribution is 0.0892. The van der Waals surface area contributed by atoms with E-state index >= 15 is 0 Å². The van der Waals surface area contributed by atoms with Crippen LogP contribution in [0.3, 0.4) is 0 Å². The van der Waals surface area contributed by atoms with Crippen LogP contribution in [0.1, 0.15) is 29.2 Å². The Balaban J connectivity index is 1.69. The number of nitrogens with zero attached hydrogens (tertiary/aromatic N) is 2. The zero-order valence-electron chi connectivity index (χ0n) is 15.1. The molecule has 1 N–H and O–H groups in total. The Morgan fingerprint density at radius 2 is 1.92 bits per heavy atom. The van der Waals surface area contributed by atoms with Crippen LogP contribution in [0.4, 0.5) is 5.69 Å². The summed E-state index contributed by atoms with van der Waals surface area (Å²) in [6, 6.07) is 12.6. The van der Waals surface area contributed by atoms with Gasteiger partial charge in [-0.05, 0) is 42.5 Å². The monoisotopic (exact) mass is 372 g/mol. The third kappa shape index (κ3) is 2.73. The highest BCUT2D eigenvalue weighted by Crippen LogP contribution is 2.37. The average molecular weight is 372 g/mol. The fourth-order valence-corrected chi connectivity index (χ4v) is 5.74. The number of sulfonamides is 1. The van der Waals surface area contributed by atoms with E-state index in [0.29, 0.717) is 12.0 Å². The van der Waals surface area contributed by atoms with Crippen LogP contribution in [0, 0.1) is 0 Å². The maximum Gasteiger partial charge on any atom is 0.243 e. The molecule has 2 aromatic carbocycles. The molecule has 0 unspecified atom stereocenters. The van der Waals surface area contributed by atoms with Crippen molar-refractivity contribution in [3.05, 3.63) is 59.2 Å². The lowest BCUT2D eigenvalue weighted by atomic mass is 9.93. The molecule has 0 fully saturated rings. The summed E-state index contributed by atoms with van der Waals surface area (Å²) in [6.07, 6.45) is 1.82. The van der Waals surface area contributed by atoms with Gasteiger partial charge in [0.15, 0.2) is 0 Å². The van der Waals surface area contributed by atoms with Gasteiger partial charge in [-0.3, -0.25) is 0 Å². The van der Waals surface area contributed by atoms with Crippen molar-refractivity contribution in [1.29, 1.82) is 0 Å². The molecule has 2 aromatic rings. The Hall–Kier alpha value is -1.89. The molecular weight excluding hydrogens is 348 g/mol. The van der Waals surface area contributed by atoms with E-state index in [9.17, 15) is 13.5 Å². The van der Waals surface area contributed by atoms with Gasteiger partial charge in [0.05, 0.1) is 17.0 Å². The van der Waals surface area contributed by atoms with Gasteiger partial charge < -0.3 is 10.0 Å². The van der Waals surface area contributed by atoms with Crippen molar-refractivity contribution in [2.45, 2.75) is 36.3 Å². The summed E-state index contributed by atoms with van der Waals surface area (Å²) in [5.74, 6) is 0. The van der Waals surface area contributed by atoms with Crippen LogP contribution >= 0.6 is 0 Å². The zero-order valence-corrected chi connectivity index (χ0v) is 15.9. The van der Waals surface area contributed by atoms with Crippen molar-refractivity contribution in [1.82, 2.24) is 4.31 Å². The molecule has 2 atom stereocenters. The maximum absolute atomic E-state index is 12.8. The summed E-state index contributed by atoms with van der Waals surface area (Å²) < 4.78 is 27.0. The molecule has 2 aliphatic heterocycles. The first kappa shape index (κ1) is 17.5. The van der Waals surface area contributed by atoms with Gasteiger partial charge in [0.1, 0.15) is 0 Å². The van der Waals surface area contributed by atoms with Crippen molar-refractivity contribution in [3.63, 3.8) is 0 Å². The molecule has 2 heterocycles. The predicted octanol–water partition coefficient (Wildman–Crippen LogP) is 2.35. The Morgan fingerprint density at radius 3 is 2.73 bits per heavy atom. The highest BCUT2D eigenvalue weighted by atomic mass is 32.2. The van der Waals surface area contributed by atoms with Crippen LogP contribution in [0.2, 0.25) is 0 Å². The lowest BCUT2D eigenvalue weighted by Gasteiger charge is -2.37. The summed E-state index contributed by atoms with van der Waals surface area (Å²) >= 11 is 0. The molecule has 4 rings (SSSR count). The Bertz CT molecular complexity index is 942. The lowest BCUT2D eigenvalue weighted by Crippen LogP contribution is -2.46. The summed E-state index contributed by atoms with van der Waals surface area (Å²) in [5.41, 5.74) is 4.10. The normalized spacial score (nSPS) is 24.8. The average Bonchev–Trinajstić information content (AvgIpc) is 2.64. The Kier molecular flexibility index (Phi) is 4.29. The van der Waals surface area contributed by atoms with Crippen LogP contribution in [0.5, 0.6) is 0 Å². The van der Waals surface area contributed by atoms with Crippen molar-refractivity contribution in [3.8, 4) is 0 Å². The van der Waals surface area contributed by atoms with Crippen molar-refractivity contribution < 1.29 is 13.5 Å². The second kappa shape index (κ2) is 6.37. The molecule has 2 aliphatic rings. The summed E-state index contributed by atoms with van der Waals surface area (Å²) in [6.45, 7) is 1.06. The zero-order chi connectivity index (χ0) is 18.5. The van der Waals surface area contributed by atoms with Crippen LogP contribution in [-0.2, 0) is 22.9 Å². The quantitative estimate of drug-likeness (QED) is 0.879. The molecule has 26 heavy (non-hydrogen) atoms. The molecule has 0 radical (unpaired) electrons. The number of hydrogen-bond acceptors (Lipinski definition) is 4. The van der Waals surface area contributed by atoms with E-state index in [4.69, 9.17) is 0 Å². The molecule has 6 heteroatoms. The number of fused-ring (bicyclic) bond motifs is 2. The van der Waals surface area contributed by atoms with Gasteiger partial charge in [-0.25, -0.2) is 8.42 Å². The number of rotatable bonds is 2. The fourth-order valence-electron chi connectivity index (χ4n) is 4.15. The molecule has 0 amide bonds. The third-order valence-corrected chi connectivity index (χ3v) is 7.62. The highest BCUT2D eigenvalue weighted by Gasteiger charge is 2.41. The number of hydrogen-bond donors (Lipinski definition) is 1. The number of aliphatic hydroxyl groups excluding tert-OH is 1. The minimum Gasteiger partial charge on any atom is -0.387 e. The summed E-state index contributed by atoms with van der Waals surface area (Å²) in [5, 5.41) is 10.9. The third-order valence-electron chi connectivity index (χ3n) is 5.67. The topological polar surface area (TPSA) is 60.9 Å². The largest absolute Gasteiger partial charge is 0.387 e. The summed E-state index contributed by atoms with van der Waals surface area (Å²) in [7, 11) is 0.0740. The first-order valence-electron chi connectivity index (χ1n) is 8.97. The Morgan fingerprint density at radius 1 is 1.15 bits per heavy atom. The highest BCUT2D eigenvalue weighted by molar-refractivity contribution is 7.89.